The van der Waals surface area contributed by atoms with Gasteiger partial charge in [0.25, 0.3) is 0 Å². The van der Waals surface area contributed by atoms with Crippen molar-refractivity contribution < 1.29 is 44.7 Å². The summed E-state index contributed by atoms with van der Waals surface area (Å²) in [4.78, 5) is 42.7. The Morgan fingerprint density at radius 2 is 1.24 bits per heavy atom. The zero-order chi connectivity index (χ0) is 16.6. The summed E-state index contributed by atoms with van der Waals surface area (Å²) in [5.74, 6) is -5.76. The number of carboxylic acid groups (broad SMARTS) is 4. The van der Waals surface area contributed by atoms with E-state index in [9.17, 15) is 24.3 Å². The minimum Gasteiger partial charge on any atom is -0.481 e. The molecule has 1 atom stereocenters. The lowest BCUT2D eigenvalue weighted by Crippen LogP contribution is -2.63. The van der Waals surface area contributed by atoms with Crippen LogP contribution in [-0.4, -0.2) is 74.3 Å². The number of carboxylic acids is 4. The Morgan fingerprint density at radius 3 is 1.57 bits per heavy atom. The van der Waals surface area contributed by atoms with E-state index in [2.05, 4.69) is 5.32 Å². The summed E-state index contributed by atoms with van der Waals surface area (Å²) < 4.78 is 0. The molecule has 0 aliphatic carbocycles. The van der Waals surface area contributed by atoms with Crippen LogP contribution in [0.1, 0.15) is 12.8 Å². The fraction of sp³-hybridized carbons (Fsp3) is 0.600. The highest BCUT2D eigenvalue weighted by atomic mass is 16.4. The number of hydrogen-bond acceptors (Lipinski definition) is 7. The molecule has 0 saturated carbocycles. The van der Waals surface area contributed by atoms with Gasteiger partial charge in [0.1, 0.15) is 6.23 Å². The van der Waals surface area contributed by atoms with E-state index in [4.69, 9.17) is 20.4 Å². The van der Waals surface area contributed by atoms with Crippen LogP contribution >= 0.6 is 0 Å². The monoisotopic (exact) mass is 308 g/mol. The minimum absolute atomic E-state index is 0.767. The molecule has 11 heteroatoms. The molecular weight excluding hydrogens is 292 g/mol. The SMILES string of the molecule is O=C(O)CNC(O)C(CC(=O)O)(CC(=O)O)NCC(=O)O. The summed E-state index contributed by atoms with van der Waals surface area (Å²) >= 11 is 0. The predicted octanol–water partition coefficient (Wildman–Crippen LogP) is -2.66. The highest BCUT2D eigenvalue weighted by Crippen LogP contribution is 2.20. The van der Waals surface area contributed by atoms with Crippen molar-refractivity contribution in [3.8, 4) is 0 Å². The van der Waals surface area contributed by atoms with E-state index in [-0.39, 0.29) is 0 Å². The molecule has 1 unspecified atom stereocenters. The number of rotatable bonds is 11. The molecule has 0 amide bonds. The summed E-state index contributed by atoms with van der Waals surface area (Å²) in [5.41, 5.74) is -2.08. The first-order valence-corrected chi connectivity index (χ1v) is 5.62. The van der Waals surface area contributed by atoms with Crippen LogP contribution in [0.15, 0.2) is 0 Å². The lowest BCUT2D eigenvalue weighted by molar-refractivity contribution is -0.148. The third-order valence-electron chi connectivity index (χ3n) is 2.50. The quantitative estimate of drug-likeness (QED) is 0.197. The summed E-state index contributed by atoms with van der Waals surface area (Å²) in [5, 5.41) is 48.8. The Morgan fingerprint density at radius 1 is 0.810 bits per heavy atom. The Balaban J connectivity index is 5.29. The lowest BCUT2D eigenvalue weighted by Gasteiger charge is -2.36. The van der Waals surface area contributed by atoms with Gasteiger partial charge in [0, 0.05) is 0 Å². The minimum atomic E-state index is -2.08. The van der Waals surface area contributed by atoms with Crippen molar-refractivity contribution in [2.75, 3.05) is 13.1 Å². The zero-order valence-corrected chi connectivity index (χ0v) is 10.8. The molecule has 0 bridgehead atoms. The highest BCUT2D eigenvalue weighted by Gasteiger charge is 2.42. The molecular formula is C10H16N2O9. The summed E-state index contributed by atoms with van der Waals surface area (Å²) in [6.07, 6.45) is -3.76. The predicted molar refractivity (Wildman–Crippen MR) is 64.5 cm³/mol. The molecule has 0 radical (unpaired) electrons. The average molecular weight is 308 g/mol. The fourth-order valence-corrected chi connectivity index (χ4v) is 1.65. The van der Waals surface area contributed by atoms with Gasteiger partial charge in [0.15, 0.2) is 0 Å². The van der Waals surface area contributed by atoms with E-state index in [0.717, 1.165) is 0 Å². The topological polar surface area (TPSA) is 193 Å². The molecule has 0 heterocycles. The third kappa shape index (κ3) is 7.20. The van der Waals surface area contributed by atoms with Crippen LogP contribution in [0.4, 0.5) is 0 Å². The van der Waals surface area contributed by atoms with Crippen LogP contribution in [0.3, 0.4) is 0 Å². The van der Waals surface area contributed by atoms with Gasteiger partial charge in [-0.3, -0.25) is 29.8 Å². The molecule has 0 rings (SSSR count). The molecule has 0 saturated heterocycles. The fourth-order valence-electron chi connectivity index (χ4n) is 1.65. The van der Waals surface area contributed by atoms with Crippen LogP contribution in [0.2, 0.25) is 0 Å². The van der Waals surface area contributed by atoms with E-state index >= 15 is 0 Å². The molecule has 0 fully saturated rings. The Hall–Kier alpha value is -2.24. The second kappa shape index (κ2) is 8.14. The summed E-state index contributed by atoms with van der Waals surface area (Å²) in [6, 6.07) is 0. The zero-order valence-electron chi connectivity index (χ0n) is 10.8. The molecule has 0 aromatic rings. The van der Waals surface area contributed by atoms with Crippen molar-refractivity contribution in [1.82, 2.24) is 10.6 Å². The Kier molecular flexibility index (Phi) is 7.27. The number of nitrogens with one attached hydrogen (secondary N) is 2. The van der Waals surface area contributed by atoms with Crippen LogP contribution in [-0.2, 0) is 19.2 Å². The number of aliphatic hydroxyl groups excluding tert-OH is 1. The van der Waals surface area contributed by atoms with Crippen LogP contribution in [0, 0.1) is 0 Å². The van der Waals surface area contributed by atoms with Gasteiger partial charge < -0.3 is 25.5 Å². The average Bonchev–Trinajstić information content (AvgIpc) is 2.31. The van der Waals surface area contributed by atoms with Crippen molar-refractivity contribution in [2.45, 2.75) is 24.6 Å². The van der Waals surface area contributed by atoms with Gasteiger partial charge in [-0.15, -0.1) is 0 Å². The first-order chi connectivity index (χ1) is 9.59. The first-order valence-electron chi connectivity index (χ1n) is 5.62. The van der Waals surface area contributed by atoms with Gasteiger partial charge in [-0.2, -0.15) is 0 Å². The van der Waals surface area contributed by atoms with Gasteiger partial charge in [0.05, 0.1) is 31.5 Å². The van der Waals surface area contributed by atoms with Crippen LogP contribution in [0.25, 0.3) is 0 Å². The smallest absolute Gasteiger partial charge is 0.317 e. The molecule has 0 aromatic carbocycles. The van der Waals surface area contributed by atoms with Crippen molar-refractivity contribution in [3.05, 3.63) is 0 Å². The normalized spacial score (nSPS) is 12.6. The molecule has 0 aromatic heterocycles. The molecule has 0 spiro atoms. The number of hydrogen-bond donors (Lipinski definition) is 7. The van der Waals surface area contributed by atoms with Crippen LogP contribution in [0.5, 0.6) is 0 Å². The van der Waals surface area contributed by atoms with E-state index in [1.54, 1.807) is 0 Å². The van der Waals surface area contributed by atoms with Gasteiger partial charge >= 0.3 is 23.9 Å². The molecule has 11 nitrogen and oxygen atoms in total. The molecule has 120 valence electrons. The molecule has 7 N–H and O–H groups in total. The Labute approximate surface area is 118 Å². The third-order valence-corrected chi connectivity index (χ3v) is 2.50. The first kappa shape index (κ1) is 18.8. The maximum absolute atomic E-state index is 10.8. The van der Waals surface area contributed by atoms with E-state index in [1.165, 1.54) is 0 Å². The molecule has 0 aliphatic rings. The van der Waals surface area contributed by atoms with E-state index < -0.39 is 61.6 Å². The standard InChI is InChI=1S/C10H16N2O9/c13-5(14)1-10(2-6(15)16,12-4-8(19)20)9(21)11-3-7(17)18/h9,11-12,21H,1-4H2,(H,13,14)(H,15,16)(H,17,18)(H,19,20). The van der Waals surface area contributed by atoms with Crippen molar-refractivity contribution in [2.24, 2.45) is 0 Å². The second-order valence-electron chi connectivity index (χ2n) is 4.22. The largest absolute Gasteiger partial charge is 0.481 e. The van der Waals surface area contributed by atoms with Gasteiger partial charge in [-0.05, 0) is 0 Å². The van der Waals surface area contributed by atoms with Gasteiger partial charge in [-0.25, -0.2) is 0 Å². The van der Waals surface area contributed by atoms with E-state index in [1.807, 2.05) is 5.32 Å². The van der Waals surface area contributed by atoms with E-state index in [0.29, 0.717) is 0 Å². The highest BCUT2D eigenvalue weighted by molar-refractivity contribution is 5.74. The lowest BCUT2D eigenvalue weighted by atomic mass is 9.88. The molecule has 0 aliphatic heterocycles. The van der Waals surface area contributed by atoms with Gasteiger partial charge in [0.2, 0.25) is 0 Å². The van der Waals surface area contributed by atoms with Crippen LogP contribution < -0.4 is 10.6 Å². The summed E-state index contributed by atoms with van der Waals surface area (Å²) in [6.45, 7) is -1.58. The second-order valence-corrected chi connectivity index (χ2v) is 4.22. The summed E-state index contributed by atoms with van der Waals surface area (Å²) in [7, 11) is 0. The van der Waals surface area contributed by atoms with Crippen molar-refractivity contribution in [1.29, 1.82) is 0 Å². The molecule has 21 heavy (non-hydrogen) atoms. The number of aliphatic carboxylic acids is 4. The Bertz CT molecular complexity index is 407. The maximum atomic E-state index is 10.8. The number of carbonyl (C=O) groups is 4. The van der Waals surface area contributed by atoms with Gasteiger partial charge in [-0.1, -0.05) is 0 Å². The van der Waals surface area contributed by atoms with Crippen molar-refractivity contribution >= 4 is 23.9 Å². The maximum Gasteiger partial charge on any atom is 0.317 e. The van der Waals surface area contributed by atoms with Crippen molar-refractivity contribution in [3.63, 3.8) is 0 Å². The number of aliphatic hydroxyl groups is 1.